The number of fused-ring (bicyclic) bond motifs is 4. The van der Waals surface area contributed by atoms with E-state index in [4.69, 9.17) is 20.2 Å². The lowest BCUT2D eigenvalue weighted by atomic mass is 9.87. The molecule has 6 saturated heterocycles. The number of piperazine rings is 1. The van der Waals surface area contributed by atoms with Crippen LogP contribution in [0.4, 0.5) is 28.7 Å². The maximum Gasteiger partial charge on any atom is 0.271 e. The van der Waals surface area contributed by atoms with Gasteiger partial charge in [0.25, 0.3) is 11.8 Å². The van der Waals surface area contributed by atoms with Crippen LogP contribution in [-0.2, 0) is 32.1 Å². The Hall–Kier alpha value is -6.01. The standard InChI is InChI=1S/C45H57N11O7/c1-3-33-42(48-26-15-19-63-20-16-26)52-43(40(50-33)41(46)59)49-27-7-10-35(37(21-27)62-2)53-17-13-28(14-18-53)54-23-30-9-8-29(54)24-55(30)39(58)22-47-34-6-4-5-31-32(34)25-56(45(31)61)36-11-12-38(57)51-44(36)60/h4-7,10,21,26,28-30,36,47H,3,8-9,11-20,22-25H2,1-2H3,(H2,46,59)(H2,48,49,52)(H,51,57,60). The number of hydrogen-bond acceptors (Lipinski definition) is 14. The number of carbonyl (C=O) groups excluding carboxylic acids is 5. The van der Waals surface area contributed by atoms with Crippen LogP contribution in [0.2, 0.25) is 0 Å². The molecule has 0 aliphatic carbocycles. The highest BCUT2D eigenvalue weighted by Crippen LogP contribution is 2.38. The molecule has 2 aromatic carbocycles. The fourth-order valence-electron chi connectivity index (χ4n) is 10.4. The quantitative estimate of drug-likeness (QED) is 0.156. The minimum Gasteiger partial charge on any atom is -0.495 e. The van der Waals surface area contributed by atoms with Crippen molar-refractivity contribution in [3.8, 4) is 5.75 Å². The number of aryl methyl sites for hydroxylation is 1. The Morgan fingerprint density at radius 1 is 0.937 bits per heavy atom. The predicted molar refractivity (Wildman–Crippen MR) is 235 cm³/mol. The van der Waals surface area contributed by atoms with Crippen molar-refractivity contribution in [2.75, 3.05) is 73.9 Å². The maximum atomic E-state index is 13.8. The van der Waals surface area contributed by atoms with E-state index in [2.05, 4.69) is 36.1 Å². The minimum atomic E-state index is -0.695. The summed E-state index contributed by atoms with van der Waals surface area (Å²) in [5, 5.41) is 12.5. The highest BCUT2D eigenvalue weighted by Gasteiger charge is 2.44. The van der Waals surface area contributed by atoms with Crippen LogP contribution >= 0.6 is 0 Å². The van der Waals surface area contributed by atoms with Gasteiger partial charge >= 0.3 is 0 Å². The second kappa shape index (κ2) is 18.0. The molecule has 3 atom stereocenters. The number of methoxy groups -OCH3 is 1. The largest absolute Gasteiger partial charge is 0.495 e. The van der Waals surface area contributed by atoms with Gasteiger partial charge in [-0.3, -0.25) is 34.2 Å². The van der Waals surface area contributed by atoms with Crippen LogP contribution in [0.25, 0.3) is 0 Å². The van der Waals surface area contributed by atoms with Crippen LogP contribution in [0.5, 0.6) is 5.75 Å². The number of aromatic nitrogens is 2. The molecule has 8 heterocycles. The molecule has 7 aliphatic rings. The molecule has 2 bridgehead atoms. The van der Waals surface area contributed by atoms with Crippen LogP contribution < -0.4 is 36.6 Å². The van der Waals surface area contributed by atoms with E-state index >= 15 is 0 Å². The van der Waals surface area contributed by atoms with Crippen molar-refractivity contribution in [3.63, 3.8) is 0 Å². The van der Waals surface area contributed by atoms with E-state index in [1.165, 1.54) is 4.90 Å². The van der Waals surface area contributed by atoms with Gasteiger partial charge in [-0.15, -0.1) is 0 Å². The Balaban J connectivity index is 0.795. The number of amides is 5. The van der Waals surface area contributed by atoms with Gasteiger partial charge in [0.15, 0.2) is 17.3 Å². The maximum absolute atomic E-state index is 13.8. The third-order valence-corrected chi connectivity index (χ3v) is 13.7. The van der Waals surface area contributed by atoms with Gasteiger partial charge in [-0.2, -0.15) is 0 Å². The molecule has 0 spiro atoms. The van der Waals surface area contributed by atoms with E-state index < -0.39 is 17.9 Å². The van der Waals surface area contributed by atoms with Crippen LogP contribution in [0.1, 0.15) is 90.4 Å². The Labute approximate surface area is 366 Å². The van der Waals surface area contributed by atoms with Crippen molar-refractivity contribution in [3.05, 3.63) is 58.9 Å². The Morgan fingerprint density at radius 2 is 1.73 bits per heavy atom. The van der Waals surface area contributed by atoms with Gasteiger partial charge in [-0.25, -0.2) is 9.97 Å². The first-order chi connectivity index (χ1) is 30.6. The minimum absolute atomic E-state index is 0.0381. The van der Waals surface area contributed by atoms with E-state index in [1.807, 2.05) is 36.1 Å². The van der Waals surface area contributed by atoms with Crippen molar-refractivity contribution >= 4 is 58.2 Å². The number of ether oxygens (including phenoxy) is 2. The normalized spacial score (nSPS) is 23.1. The second-order valence-electron chi connectivity index (χ2n) is 17.4. The zero-order chi connectivity index (χ0) is 43.8. The highest BCUT2D eigenvalue weighted by atomic mass is 16.5. The Bertz CT molecular complexity index is 2280. The van der Waals surface area contributed by atoms with Gasteiger partial charge < -0.3 is 45.9 Å². The molecule has 6 N–H and O–H groups in total. The van der Waals surface area contributed by atoms with Crippen LogP contribution in [0.3, 0.4) is 0 Å². The third-order valence-electron chi connectivity index (χ3n) is 13.7. The van der Waals surface area contributed by atoms with Gasteiger partial charge in [0, 0.05) is 105 Å². The molecule has 5 amide bonds. The van der Waals surface area contributed by atoms with Crippen LogP contribution in [0.15, 0.2) is 36.4 Å². The predicted octanol–water partition coefficient (Wildman–Crippen LogP) is 3.00. The number of benzene rings is 2. The number of nitrogens with zero attached hydrogens (tertiary/aromatic N) is 6. The van der Waals surface area contributed by atoms with Gasteiger partial charge in [-0.1, -0.05) is 13.0 Å². The number of anilines is 5. The van der Waals surface area contributed by atoms with Gasteiger partial charge in [-0.05, 0) is 75.6 Å². The number of rotatable bonds is 13. The first-order valence-corrected chi connectivity index (χ1v) is 22.4. The van der Waals surface area contributed by atoms with Crippen molar-refractivity contribution < 1.29 is 33.4 Å². The summed E-state index contributed by atoms with van der Waals surface area (Å²) in [6.07, 6.45) is 6.81. The van der Waals surface area contributed by atoms with Crippen LogP contribution in [0, 0.1) is 0 Å². The van der Waals surface area contributed by atoms with Crippen molar-refractivity contribution in [2.45, 2.75) is 101 Å². The molecule has 334 valence electrons. The number of nitrogens with one attached hydrogen (secondary N) is 4. The Morgan fingerprint density at radius 3 is 2.44 bits per heavy atom. The van der Waals surface area contributed by atoms with Crippen molar-refractivity contribution in [1.29, 1.82) is 0 Å². The van der Waals surface area contributed by atoms with E-state index in [-0.39, 0.29) is 60.8 Å². The monoisotopic (exact) mass is 863 g/mol. The summed E-state index contributed by atoms with van der Waals surface area (Å²) in [5.41, 5.74) is 10.2. The topological polar surface area (TPSA) is 217 Å². The zero-order valence-electron chi connectivity index (χ0n) is 36.0. The molecule has 0 saturated carbocycles. The van der Waals surface area contributed by atoms with E-state index in [1.54, 1.807) is 19.2 Å². The van der Waals surface area contributed by atoms with Crippen molar-refractivity contribution in [2.24, 2.45) is 5.73 Å². The molecule has 7 aliphatic heterocycles. The molecular weight excluding hydrogens is 807 g/mol. The molecule has 0 radical (unpaired) electrons. The summed E-state index contributed by atoms with van der Waals surface area (Å²) in [5.74, 6) is 0.0000260. The fraction of sp³-hybridized carbons (Fsp3) is 0.533. The smallest absolute Gasteiger partial charge is 0.271 e. The lowest BCUT2D eigenvalue weighted by Crippen LogP contribution is -2.67. The van der Waals surface area contributed by atoms with Gasteiger partial charge in [0.1, 0.15) is 11.8 Å². The molecular formula is C45H57N11O7. The summed E-state index contributed by atoms with van der Waals surface area (Å²) in [6, 6.07) is 11.7. The summed E-state index contributed by atoms with van der Waals surface area (Å²) in [4.78, 5) is 81.9. The molecule has 3 unspecified atom stereocenters. The molecule has 6 fully saturated rings. The number of hydrogen-bond donors (Lipinski definition) is 5. The average molecular weight is 864 g/mol. The summed E-state index contributed by atoms with van der Waals surface area (Å²) in [6.45, 7) is 6.96. The molecule has 1 aromatic heterocycles. The molecule has 18 heteroatoms. The molecule has 10 rings (SSSR count). The van der Waals surface area contributed by atoms with Gasteiger partial charge in [0.2, 0.25) is 17.7 Å². The Kier molecular flexibility index (Phi) is 12.1. The van der Waals surface area contributed by atoms with Gasteiger partial charge in [0.05, 0.1) is 25.0 Å². The SMILES string of the molecule is CCc1nc(C(N)=O)c(Nc2ccc(N3CCC(N4CC5CCC4CN5C(=O)CNc4cccc5c4CN(C4CCC(=O)NC4=O)C5=O)CC3)c(OC)c2)nc1NC1CCOCC1. The van der Waals surface area contributed by atoms with E-state index in [0.717, 1.165) is 69.4 Å². The van der Waals surface area contributed by atoms with Crippen LogP contribution in [-0.4, -0.2) is 137 Å². The first-order valence-electron chi connectivity index (χ1n) is 22.4. The highest BCUT2D eigenvalue weighted by molar-refractivity contribution is 6.06. The lowest BCUT2D eigenvalue weighted by molar-refractivity contribution is -0.141. The summed E-state index contributed by atoms with van der Waals surface area (Å²) in [7, 11) is 1.66. The first kappa shape index (κ1) is 42.3. The lowest BCUT2D eigenvalue weighted by Gasteiger charge is -2.55. The zero-order valence-corrected chi connectivity index (χ0v) is 36.0. The number of imide groups is 1. The molecule has 63 heavy (non-hydrogen) atoms. The average Bonchev–Trinajstić information content (AvgIpc) is 3.64. The number of nitrogens with two attached hydrogens (primary N) is 1. The summed E-state index contributed by atoms with van der Waals surface area (Å²) < 4.78 is 11.4. The number of carbonyl (C=O) groups is 5. The van der Waals surface area contributed by atoms with E-state index in [0.29, 0.717) is 78.9 Å². The molecule has 18 nitrogen and oxygen atoms in total. The second-order valence-corrected chi connectivity index (χ2v) is 17.4. The number of piperidine rings is 4. The third kappa shape index (κ3) is 8.57. The van der Waals surface area contributed by atoms with Crippen molar-refractivity contribution in [1.82, 2.24) is 30.0 Å². The molecule has 3 aromatic rings. The summed E-state index contributed by atoms with van der Waals surface area (Å²) >= 11 is 0. The fourth-order valence-corrected chi connectivity index (χ4v) is 10.4. The number of primary amides is 1. The van der Waals surface area contributed by atoms with E-state index in [9.17, 15) is 24.0 Å².